The summed E-state index contributed by atoms with van der Waals surface area (Å²) in [6.07, 6.45) is 0. The Morgan fingerprint density at radius 3 is 2.53 bits per heavy atom. The highest BCUT2D eigenvalue weighted by Crippen LogP contribution is 2.28. The Labute approximate surface area is 97.5 Å². The lowest BCUT2D eigenvalue weighted by molar-refractivity contribution is 0.467. The van der Waals surface area contributed by atoms with Gasteiger partial charge in [-0.05, 0) is 25.5 Å². The summed E-state index contributed by atoms with van der Waals surface area (Å²) in [6.45, 7) is 3.42. The number of aryl methyl sites for hydroxylation is 1. The molecule has 0 saturated carbocycles. The van der Waals surface area contributed by atoms with E-state index in [0.717, 1.165) is 0 Å². The van der Waals surface area contributed by atoms with E-state index < -0.39 is 10.0 Å². The molecule has 1 aromatic rings. The van der Waals surface area contributed by atoms with Gasteiger partial charge in [0.25, 0.3) is 0 Å². The number of hydrogen-bond donors (Lipinski definition) is 2. The number of phenolic OH excluding ortho intramolecular Hbond substituents is 1. The second-order valence-electron chi connectivity index (χ2n) is 3.23. The van der Waals surface area contributed by atoms with E-state index >= 15 is 0 Å². The van der Waals surface area contributed by atoms with Crippen LogP contribution < -0.4 is 4.72 Å². The van der Waals surface area contributed by atoms with Crippen LogP contribution in [0.1, 0.15) is 11.1 Å². The molecule has 0 bridgehead atoms. The Morgan fingerprint density at radius 2 is 2.00 bits per heavy atom. The fourth-order valence-corrected chi connectivity index (χ4v) is 2.10. The number of anilines is 1. The summed E-state index contributed by atoms with van der Waals surface area (Å²) in [6, 6.07) is 3.29. The number of aromatic hydroxyl groups is 1. The molecule has 2 N–H and O–H groups in total. The Balaban J connectivity index is 3.13. The van der Waals surface area contributed by atoms with Gasteiger partial charge in [0.15, 0.2) is 0 Å². The fraction of sp³-hybridized carbons (Fsp3) is 0.333. The highest BCUT2D eigenvalue weighted by Gasteiger charge is 2.12. The molecule has 0 amide bonds. The maximum Gasteiger partial charge on any atom is 0.242 e. The van der Waals surface area contributed by atoms with Gasteiger partial charge in [0.1, 0.15) is 10.4 Å². The lowest BCUT2D eigenvalue weighted by atomic mass is 10.1. The number of hydrogen-bond acceptors (Lipinski definition) is 3. The standard InChI is InChI=1S/C9H12BrNO3S/c1-6-3-4-8(7(2)9(6)12)11-15(13,14)5-10/h3-4,11-12H,5H2,1-2H3. The lowest BCUT2D eigenvalue weighted by Crippen LogP contribution is -2.14. The van der Waals surface area contributed by atoms with Crippen molar-refractivity contribution < 1.29 is 13.5 Å². The molecule has 1 aromatic carbocycles. The molecule has 0 radical (unpaired) electrons. The Kier molecular flexibility index (Phi) is 3.62. The molecule has 0 aliphatic carbocycles. The molecule has 0 heterocycles. The van der Waals surface area contributed by atoms with E-state index in [1.165, 1.54) is 0 Å². The molecular weight excluding hydrogens is 282 g/mol. The molecule has 6 heteroatoms. The van der Waals surface area contributed by atoms with E-state index in [1.54, 1.807) is 26.0 Å². The van der Waals surface area contributed by atoms with Crippen molar-refractivity contribution in [2.45, 2.75) is 13.8 Å². The summed E-state index contributed by atoms with van der Waals surface area (Å²) in [5.74, 6) is 0.116. The third-order valence-electron chi connectivity index (χ3n) is 2.04. The first-order chi connectivity index (χ1) is 6.87. The van der Waals surface area contributed by atoms with Gasteiger partial charge >= 0.3 is 0 Å². The molecule has 0 aromatic heterocycles. The molecule has 0 fully saturated rings. The van der Waals surface area contributed by atoms with Gasteiger partial charge < -0.3 is 5.11 Å². The van der Waals surface area contributed by atoms with E-state index in [1.807, 2.05) is 0 Å². The predicted octanol–water partition coefficient (Wildman–Crippen LogP) is 2.10. The minimum atomic E-state index is -3.37. The van der Waals surface area contributed by atoms with Crippen molar-refractivity contribution in [3.8, 4) is 5.75 Å². The number of sulfonamides is 1. The monoisotopic (exact) mass is 293 g/mol. The van der Waals surface area contributed by atoms with Crippen LogP contribution in [0.15, 0.2) is 12.1 Å². The van der Waals surface area contributed by atoms with Gasteiger partial charge in [0, 0.05) is 5.56 Å². The lowest BCUT2D eigenvalue weighted by Gasteiger charge is -2.11. The first-order valence-corrected chi connectivity index (χ1v) is 7.00. The molecule has 15 heavy (non-hydrogen) atoms. The molecule has 0 spiro atoms. The summed E-state index contributed by atoms with van der Waals surface area (Å²) in [4.78, 5) is 0. The van der Waals surface area contributed by atoms with Gasteiger partial charge in [-0.1, -0.05) is 22.0 Å². The second kappa shape index (κ2) is 4.40. The SMILES string of the molecule is Cc1ccc(NS(=O)(=O)CBr)c(C)c1O. The van der Waals surface area contributed by atoms with Gasteiger partial charge in [-0.25, -0.2) is 8.42 Å². The van der Waals surface area contributed by atoms with Crippen molar-refractivity contribution in [2.24, 2.45) is 0 Å². The van der Waals surface area contributed by atoms with Crippen LogP contribution in [0.4, 0.5) is 5.69 Å². The van der Waals surface area contributed by atoms with Crippen LogP contribution in [0.2, 0.25) is 0 Å². The highest BCUT2D eigenvalue weighted by atomic mass is 79.9. The quantitative estimate of drug-likeness (QED) is 0.839. The summed E-state index contributed by atoms with van der Waals surface area (Å²) < 4.78 is 24.8. The zero-order valence-corrected chi connectivity index (χ0v) is 10.8. The van der Waals surface area contributed by atoms with Gasteiger partial charge in [0.2, 0.25) is 10.0 Å². The fourth-order valence-electron chi connectivity index (χ4n) is 1.14. The van der Waals surface area contributed by atoms with E-state index in [4.69, 9.17) is 0 Å². The van der Waals surface area contributed by atoms with Gasteiger partial charge in [-0.2, -0.15) is 0 Å². The van der Waals surface area contributed by atoms with Crippen molar-refractivity contribution in [2.75, 3.05) is 9.38 Å². The van der Waals surface area contributed by atoms with Crippen molar-refractivity contribution in [1.29, 1.82) is 0 Å². The van der Waals surface area contributed by atoms with Gasteiger partial charge in [-0.15, -0.1) is 0 Å². The summed E-state index contributed by atoms with van der Waals surface area (Å²) in [5.41, 5.74) is 1.64. The van der Waals surface area contributed by atoms with Crippen LogP contribution in [0.3, 0.4) is 0 Å². The molecule has 0 saturated heterocycles. The molecule has 0 unspecified atom stereocenters. The Morgan fingerprint density at radius 1 is 1.40 bits per heavy atom. The van der Waals surface area contributed by atoms with Crippen molar-refractivity contribution in [3.05, 3.63) is 23.3 Å². The average Bonchev–Trinajstić information content (AvgIpc) is 2.19. The van der Waals surface area contributed by atoms with Crippen LogP contribution in [-0.4, -0.2) is 18.2 Å². The normalized spacial score (nSPS) is 11.4. The summed E-state index contributed by atoms with van der Waals surface area (Å²) >= 11 is 2.87. The third kappa shape index (κ3) is 2.85. The molecule has 0 aliphatic heterocycles. The van der Waals surface area contributed by atoms with Gasteiger partial charge in [0.05, 0.1) is 5.69 Å². The molecule has 84 valence electrons. The van der Waals surface area contributed by atoms with Crippen LogP contribution in [-0.2, 0) is 10.0 Å². The smallest absolute Gasteiger partial charge is 0.242 e. The maximum atomic E-state index is 11.3. The van der Waals surface area contributed by atoms with E-state index in [2.05, 4.69) is 20.7 Å². The number of nitrogens with one attached hydrogen (secondary N) is 1. The average molecular weight is 294 g/mol. The molecule has 0 atom stereocenters. The van der Waals surface area contributed by atoms with Crippen molar-refractivity contribution in [3.63, 3.8) is 0 Å². The van der Waals surface area contributed by atoms with E-state index in [0.29, 0.717) is 16.8 Å². The molecule has 4 nitrogen and oxygen atoms in total. The van der Waals surface area contributed by atoms with Crippen LogP contribution >= 0.6 is 15.9 Å². The maximum absolute atomic E-state index is 11.3. The Bertz CT molecular complexity index is 470. The first-order valence-electron chi connectivity index (χ1n) is 4.23. The van der Waals surface area contributed by atoms with E-state index in [9.17, 15) is 13.5 Å². The minimum Gasteiger partial charge on any atom is -0.507 e. The summed E-state index contributed by atoms with van der Waals surface area (Å²) in [7, 11) is -3.37. The van der Waals surface area contributed by atoms with Crippen LogP contribution in [0, 0.1) is 13.8 Å². The topological polar surface area (TPSA) is 66.4 Å². The molecule has 0 aliphatic rings. The first kappa shape index (κ1) is 12.3. The van der Waals surface area contributed by atoms with Crippen molar-refractivity contribution in [1.82, 2.24) is 0 Å². The highest BCUT2D eigenvalue weighted by molar-refractivity contribution is 9.10. The third-order valence-corrected chi connectivity index (χ3v) is 4.67. The number of benzene rings is 1. The van der Waals surface area contributed by atoms with Crippen LogP contribution in [0.25, 0.3) is 0 Å². The minimum absolute atomic E-state index is 0.116. The number of alkyl halides is 1. The second-order valence-corrected chi connectivity index (χ2v) is 6.25. The largest absolute Gasteiger partial charge is 0.507 e. The number of rotatable bonds is 3. The molecular formula is C9H12BrNO3S. The van der Waals surface area contributed by atoms with Crippen LogP contribution in [0.5, 0.6) is 5.75 Å². The van der Waals surface area contributed by atoms with Crippen molar-refractivity contribution >= 4 is 31.6 Å². The number of phenols is 1. The van der Waals surface area contributed by atoms with Gasteiger partial charge in [-0.3, -0.25) is 4.72 Å². The summed E-state index contributed by atoms with van der Waals surface area (Å²) in [5, 5.41) is 9.61. The van der Waals surface area contributed by atoms with E-state index in [-0.39, 0.29) is 10.4 Å². The molecule has 1 rings (SSSR count). The predicted molar refractivity (Wildman–Crippen MR) is 63.9 cm³/mol. The zero-order chi connectivity index (χ0) is 11.6. The Hall–Kier alpha value is -0.750. The zero-order valence-electron chi connectivity index (χ0n) is 8.41. The number of halogens is 1.